The lowest BCUT2D eigenvalue weighted by Crippen LogP contribution is -2.42. The number of nitrogens with zero attached hydrogens (tertiary/aromatic N) is 1. The van der Waals surface area contributed by atoms with E-state index in [0.29, 0.717) is 12.1 Å². The minimum absolute atomic E-state index is 0.280. The van der Waals surface area contributed by atoms with Crippen LogP contribution in [0.3, 0.4) is 0 Å². The van der Waals surface area contributed by atoms with Crippen molar-refractivity contribution < 1.29 is 35.3 Å². The molecule has 3 nitrogen and oxygen atoms in total. The fourth-order valence-electron chi connectivity index (χ4n) is 2.39. The summed E-state index contributed by atoms with van der Waals surface area (Å²) in [4.78, 5) is 3.70. The van der Waals surface area contributed by atoms with E-state index in [0.717, 1.165) is 24.4 Å². The molecule has 0 aliphatic carbocycles. The lowest BCUT2D eigenvalue weighted by molar-refractivity contribution is -0.140. The Morgan fingerprint density at radius 2 is 1.55 bits per heavy atom. The van der Waals surface area contributed by atoms with Crippen LogP contribution in [0.15, 0.2) is 36.5 Å². The second kappa shape index (κ2) is 8.11. The SMILES string of the molecule is CC(C)(C)[S+]([O-])N[C@@H](c1ccc(C(F)(F)F)c(F)c1)c1ncccc1C(F)(F)F. The lowest BCUT2D eigenvalue weighted by atomic mass is 9.98. The minimum Gasteiger partial charge on any atom is -0.598 e. The van der Waals surface area contributed by atoms with Gasteiger partial charge in [-0.2, -0.15) is 26.3 Å². The van der Waals surface area contributed by atoms with Crippen LogP contribution in [0.2, 0.25) is 0 Å². The summed E-state index contributed by atoms with van der Waals surface area (Å²) in [6.07, 6.45) is -8.75. The molecule has 0 bridgehead atoms. The van der Waals surface area contributed by atoms with E-state index in [1.165, 1.54) is 0 Å². The van der Waals surface area contributed by atoms with Gasteiger partial charge in [-0.1, -0.05) is 6.07 Å². The number of rotatable bonds is 4. The van der Waals surface area contributed by atoms with Crippen LogP contribution >= 0.6 is 0 Å². The smallest absolute Gasteiger partial charge is 0.419 e. The molecule has 2 aromatic rings. The van der Waals surface area contributed by atoms with Crippen molar-refractivity contribution in [1.29, 1.82) is 0 Å². The van der Waals surface area contributed by atoms with E-state index < -0.39 is 57.1 Å². The number of nitrogens with one attached hydrogen (secondary N) is 1. The molecular formula is C18H17F7N2OS. The van der Waals surface area contributed by atoms with E-state index in [4.69, 9.17) is 0 Å². The normalized spacial score (nSPS) is 15.3. The third kappa shape index (κ3) is 5.61. The van der Waals surface area contributed by atoms with Crippen molar-refractivity contribution in [2.75, 3.05) is 0 Å². The molecular weight excluding hydrogens is 425 g/mol. The molecule has 1 heterocycles. The number of pyridine rings is 1. The second-order valence-corrected chi connectivity index (χ2v) is 9.10. The number of alkyl halides is 6. The zero-order valence-electron chi connectivity index (χ0n) is 15.5. The van der Waals surface area contributed by atoms with Gasteiger partial charge in [-0.05, 0) is 50.6 Å². The van der Waals surface area contributed by atoms with Crippen LogP contribution in [0, 0.1) is 5.82 Å². The molecule has 0 aliphatic heterocycles. The van der Waals surface area contributed by atoms with Gasteiger partial charge in [0.15, 0.2) is 0 Å². The summed E-state index contributed by atoms with van der Waals surface area (Å²) in [6, 6.07) is 1.93. The highest BCUT2D eigenvalue weighted by atomic mass is 32.2. The zero-order chi connectivity index (χ0) is 22.2. The Bertz CT molecular complexity index is 863. The summed E-state index contributed by atoms with van der Waals surface area (Å²) in [7, 11) is 0. The van der Waals surface area contributed by atoms with Gasteiger partial charge in [0.1, 0.15) is 16.6 Å². The standard InChI is InChI=1S/C18H17F7N2OS/c1-16(2,3)29(28)27-14(15-12(18(23,24)25)5-4-8-26-15)10-6-7-11(13(19)9-10)17(20,21)22/h4-9,14,27H,1-3H3/t14-,29?/m0/s1. The zero-order valence-corrected chi connectivity index (χ0v) is 16.3. The Balaban J connectivity index is 2.64. The molecule has 160 valence electrons. The molecule has 1 N–H and O–H groups in total. The molecule has 0 spiro atoms. The molecule has 1 aromatic carbocycles. The van der Waals surface area contributed by atoms with Crippen molar-refractivity contribution in [2.24, 2.45) is 0 Å². The maximum atomic E-state index is 14.1. The van der Waals surface area contributed by atoms with Crippen LogP contribution in [0.25, 0.3) is 0 Å². The number of halogens is 7. The van der Waals surface area contributed by atoms with Gasteiger partial charge in [-0.25, -0.2) is 4.39 Å². The van der Waals surface area contributed by atoms with Gasteiger partial charge >= 0.3 is 12.4 Å². The predicted molar refractivity (Wildman–Crippen MR) is 93.5 cm³/mol. The van der Waals surface area contributed by atoms with E-state index in [-0.39, 0.29) is 5.56 Å². The van der Waals surface area contributed by atoms with Gasteiger partial charge in [0.05, 0.1) is 16.8 Å². The van der Waals surface area contributed by atoms with Crippen LogP contribution in [0.5, 0.6) is 0 Å². The van der Waals surface area contributed by atoms with Gasteiger partial charge in [-0.3, -0.25) is 4.98 Å². The third-order valence-electron chi connectivity index (χ3n) is 3.83. The highest BCUT2D eigenvalue weighted by molar-refractivity contribution is 7.90. The predicted octanol–water partition coefficient (Wildman–Crippen LogP) is 5.40. The molecule has 2 atom stereocenters. The summed E-state index contributed by atoms with van der Waals surface area (Å²) in [5.41, 5.74) is -3.65. The lowest BCUT2D eigenvalue weighted by Gasteiger charge is -2.29. The molecule has 1 aromatic heterocycles. The number of hydrogen-bond donors (Lipinski definition) is 1. The third-order valence-corrected chi connectivity index (χ3v) is 5.39. The first-order valence-electron chi connectivity index (χ1n) is 8.19. The monoisotopic (exact) mass is 442 g/mol. The van der Waals surface area contributed by atoms with Crippen LogP contribution in [0.1, 0.15) is 49.2 Å². The Labute approximate surface area is 165 Å². The summed E-state index contributed by atoms with van der Waals surface area (Å²) in [5.74, 6) is -1.66. The first-order chi connectivity index (χ1) is 13.1. The highest BCUT2D eigenvalue weighted by Gasteiger charge is 2.40. The molecule has 0 aliphatic rings. The molecule has 1 unspecified atom stereocenters. The van der Waals surface area contributed by atoms with Gasteiger partial charge in [0, 0.05) is 17.6 Å². The summed E-state index contributed by atoms with van der Waals surface area (Å²) in [5, 5.41) is 0. The molecule has 0 saturated heterocycles. The molecule has 2 rings (SSSR count). The Morgan fingerprint density at radius 3 is 2.03 bits per heavy atom. The van der Waals surface area contributed by atoms with Crippen molar-refractivity contribution in [3.8, 4) is 0 Å². The quantitative estimate of drug-likeness (QED) is 0.510. The maximum Gasteiger partial charge on any atom is 0.419 e. The Hall–Kier alpha value is -1.85. The van der Waals surface area contributed by atoms with Crippen LogP contribution in [-0.4, -0.2) is 14.3 Å². The van der Waals surface area contributed by atoms with Gasteiger partial charge < -0.3 is 4.55 Å². The van der Waals surface area contributed by atoms with Gasteiger partial charge in [-0.15, -0.1) is 4.72 Å². The summed E-state index contributed by atoms with van der Waals surface area (Å²) in [6.45, 7) is 4.64. The van der Waals surface area contributed by atoms with E-state index in [1.807, 2.05) is 0 Å². The molecule has 0 radical (unpaired) electrons. The fourth-order valence-corrected chi connectivity index (χ4v) is 3.21. The number of hydrogen-bond acceptors (Lipinski definition) is 3. The van der Waals surface area contributed by atoms with Crippen LogP contribution < -0.4 is 4.72 Å². The average Bonchev–Trinajstić information content (AvgIpc) is 2.56. The Kier molecular flexibility index (Phi) is 6.56. The van der Waals surface area contributed by atoms with E-state index in [9.17, 15) is 35.3 Å². The van der Waals surface area contributed by atoms with Gasteiger partial charge in [0.25, 0.3) is 0 Å². The topological polar surface area (TPSA) is 48.0 Å². The van der Waals surface area contributed by atoms with Crippen LogP contribution in [-0.2, 0) is 23.7 Å². The van der Waals surface area contributed by atoms with Gasteiger partial charge in [0.2, 0.25) is 0 Å². The van der Waals surface area contributed by atoms with Crippen molar-refractivity contribution in [1.82, 2.24) is 9.71 Å². The largest absolute Gasteiger partial charge is 0.598 e. The first-order valence-corrected chi connectivity index (χ1v) is 9.34. The molecule has 0 saturated carbocycles. The minimum atomic E-state index is -4.97. The van der Waals surface area contributed by atoms with E-state index in [1.54, 1.807) is 20.8 Å². The van der Waals surface area contributed by atoms with Crippen molar-refractivity contribution >= 4 is 11.4 Å². The molecule has 0 fully saturated rings. The van der Waals surface area contributed by atoms with E-state index >= 15 is 0 Å². The maximum absolute atomic E-state index is 14.1. The van der Waals surface area contributed by atoms with Crippen molar-refractivity contribution in [2.45, 2.75) is 43.9 Å². The first kappa shape index (κ1) is 23.4. The Morgan fingerprint density at radius 1 is 0.966 bits per heavy atom. The van der Waals surface area contributed by atoms with E-state index in [2.05, 4.69) is 9.71 Å². The van der Waals surface area contributed by atoms with Crippen LogP contribution in [0.4, 0.5) is 30.7 Å². The second-order valence-electron chi connectivity index (χ2n) is 7.10. The molecule has 0 amide bonds. The summed E-state index contributed by atoms with van der Waals surface area (Å²) >= 11 is -1.93. The van der Waals surface area contributed by atoms with Crippen molar-refractivity contribution in [3.63, 3.8) is 0 Å². The highest BCUT2D eigenvalue weighted by Crippen LogP contribution is 2.38. The number of aromatic nitrogens is 1. The molecule has 29 heavy (non-hydrogen) atoms. The fraction of sp³-hybridized carbons (Fsp3) is 0.389. The summed E-state index contributed by atoms with van der Waals surface area (Å²) < 4.78 is 107. The van der Waals surface area contributed by atoms with Crippen molar-refractivity contribution in [3.05, 3.63) is 64.7 Å². The average molecular weight is 442 g/mol. The number of benzene rings is 1. The molecule has 11 heteroatoms.